The summed E-state index contributed by atoms with van der Waals surface area (Å²) < 4.78 is 0. The highest BCUT2D eigenvalue weighted by Gasteiger charge is 2.29. The fourth-order valence-electron chi connectivity index (χ4n) is 3.09. The van der Waals surface area contributed by atoms with Gasteiger partial charge in [-0.2, -0.15) is 0 Å². The number of aliphatic hydroxyl groups is 1. The van der Waals surface area contributed by atoms with E-state index in [1.54, 1.807) is 7.05 Å². The molecule has 0 bridgehead atoms. The largest absolute Gasteiger partial charge is 0.373 e. The number of hydrogen-bond donors (Lipinski definition) is 2. The first-order chi connectivity index (χ1) is 11.2. The van der Waals surface area contributed by atoms with Gasteiger partial charge in [-0.15, -0.1) is 0 Å². The second-order valence-corrected chi connectivity index (χ2v) is 6.41. The monoisotopic (exact) mass is 327 g/mol. The van der Waals surface area contributed by atoms with Crippen LogP contribution in [0.3, 0.4) is 0 Å². The first kappa shape index (κ1) is 14.5. The molecule has 0 aromatic heterocycles. The molecule has 1 aliphatic heterocycles. The van der Waals surface area contributed by atoms with Crippen LogP contribution in [0.2, 0.25) is 5.02 Å². The van der Waals surface area contributed by atoms with E-state index in [1.165, 1.54) is 18.4 Å². The topological polar surface area (TPSA) is 47.9 Å². The minimum atomic E-state index is -0.974. The molecule has 1 fully saturated rings. The molecule has 0 radical (unpaired) electrons. The maximum absolute atomic E-state index is 10.6. The molecule has 1 heterocycles. The van der Waals surface area contributed by atoms with Crippen LogP contribution >= 0.6 is 11.6 Å². The van der Waals surface area contributed by atoms with Gasteiger partial charge >= 0.3 is 0 Å². The summed E-state index contributed by atoms with van der Waals surface area (Å²) in [6.07, 6.45) is 1.52. The Morgan fingerprint density at radius 1 is 1.22 bits per heavy atom. The molecule has 118 valence electrons. The number of amidine groups is 1. The minimum absolute atomic E-state index is 0.636. The van der Waals surface area contributed by atoms with Gasteiger partial charge in [0.05, 0.1) is 5.69 Å². The maximum atomic E-state index is 10.6. The van der Waals surface area contributed by atoms with Crippen molar-refractivity contribution in [1.82, 2.24) is 5.32 Å². The lowest BCUT2D eigenvalue weighted by Gasteiger charge is -2.34. The standard InChI is InChI=1S/C18H18ClN3O/c1-20-17-15-8-7-13(19)10-16(15)22(18(23)21-17)14-4-2-3-12(9-14)11-5-6-11/h2-4,7-11,18,23H,5-6H2,1H3,(H,20,21). The number of aliphatic imine (C=N–C) groups is 1. The second-order valence-electron chi connectivity index (χ2n) is 5.97. The van der Waals surface area contributed by atoms with E-state index in [-0.39, 0.29) is 0 Å². The van der Waals surface area contributed by atoms with Gasteiger partial charge in [-0.25, -0.2) is 4.99 Å². The normalized spacial score (nSPS) is 20.0. The van der Waals surface area contributed by atoms with Crippen molar-refractivity contribution in [2.45, 2.75) is 25.1 Å². The van der Waals surface area contributed by atoms with Gasteiger partial charge in [-0.1, -0.05) is 23.7 Å². The van der Waals surface area contributed by atoms with Crippen molar-refractivity contribution in [3.63, 3.8) is 0 Å². The Hall–Kier alpha value is -2.04. The first-order valence-electron chi connectivity index (χ1n) is 7.80. The summed E-state index contributed by atoms with van der Waals surface area (Å²) in [4.78, 5) is 6.19. The molecule has 1 atom stereocenters. The highest BCUT2D eigenvalue weighted by molar-refractivity contribution is 6.31. The van der Waals surface area contributed by atoms with Crippen LogP contribution in [0.25, 0.3) is 0 Å². The summed E-state index contributed by atoms with van der Waals surface area (Å²) in [6.45, 7) is 0. The summed E-state index contributed by atoms with van der Waals surface area (Å²) >= 11 is 6.19. The number of anilines is 2. The van der Waals surface area contributed by atoms with Crippen LogP contribution in [0.15, 0.2) is 47.5 Å². The van der Waals surface area contributed by atoms with Gasteiger partial charge in [0.2, 0.25) is 6.35 Å². The molecular weight excluding hydrogens is 310 g/mol. The minimum Gasteiger partial charge on any atom is -0.373 e. The van der Waals surface area contributed by atoms with E-state index in [0.29, 0.717) is 16.8 Å². The molecular formula is C18H18ClN3O. The summed E-state index contributed by atoms with van der Waals surface area (Å²) in [6, 6.07) is 14.0. The third kappa shape index (κ3) is 2.58. The molecule has 4 rings (SSSR count). The predicted molar refractivity (Wildman–Crippen MR) is 93.6 cm³/mol. The molecule has 2 aromatic rings. The molecule has 2 aliphatic rings. The molecule has 2 aromatic carbocycles. The van der Waals surface area contributed by atoms with Crippen LogP contribution in [0, 0.1) is 0 Å². The van der Waals surface area contributed by atoms with Gasteiger partial charge in [0.1, 0.15) is 5.84 Å². The van der Waals surface area contributed by atoms with E-state index in [0.717, 1.165) is 16.9 Å². The Labute approximate surface area is 140 Å². The number of nitrogens with zero attached hydrogens (tertiary/aromatic N) is 2. The molecule has 1 unspecified atom stereocenters. The number of nitrogens with one attached hydrogen (secondary N) is 1. The molecule has 0 saturated heterocycles. The van der Waals surface area contributed by atoms with Crippen molar-refractivity contribution < 1.29 is 5.11 Å². The summed E-state index contributed by atoms with van der Waals surface area (Å²) in [7, 11) is 1.80. The van der Waals surface area contributed by atoms with E-state index in [2.05, 4.69) is 22.4 Å². The number of halogens is 1. The lowest BCUT2D eigenvalue weighted by molar-refractivity contribution is 0.189. The summed E-state index contributed by atoms with van der Waals surface area (Å²) in [5.74, 6) is 1.32. The van der Waals surface area contributed by atoms with Crippen LogP contribution < -0.4 is 10.2 Å². The van der Waals surface area contributed by atoms with Crippen LogP contribution in [-0.2, 0) is 0 Å². The highest BCUT2D eigenvalue weighted by atomic mass is 35.5. The molecule has 4 nitrogen and oxygen atoms in total. The molecule has 1 saturated carbocycles. The maximum Gasteiger partial charge on any atom is 0.231 e. The number of rotatable bonds is 2. The van der Waals surface area contributed by atoms with Crippen LogP contribution in [0.1, 0.15) is 29.9 Å². The van der Waals surface area contributed by atoms with Crippen molar-refractivity contribution >= 4 is 28.8 Å². The zero-order valence-electron chi connectivity index (χ0n) is 12.8. The average Bonchev–Trinajstić information content (AvgIpc) is 3.39. The van der Waals surface area contributed by atoms with Crippen molar-refractivity contribution in [2.75, 3.05) is 11.9 Å². The van der Waals surface area contributed by atoms with Gasteiger partial charge in [-0.3, -0.25) is 4.90 Å². The Kier molecular flexibility index (Phi) is 3.51. The lowest BCUT2D eigenvalue weighted by atomic mass is 10.1. The predicted octanol–water partition coefficient (Wildman–Crippen LogP) is 3.61. The van der Waals surface area contributed by atoms with E-state index >= 15 is 0 Å². The highest BCUT2D eigenvalue weighted by Crippen LogP contribution is 2.42. The van der Waals surface area contributed by atoms with Crippen LogP contribution in [-0.4, -0.2) is 24.3 Å². The number of aliphatic hydroxyl groups excluding tert-OH is 1. The summed E-state index contributed by atoms with van der Waals surface area (Å²) in [5, 5.41) is 14.2. The van der Waals surface area contributed by atoms with Crippen molar-refractivity contribution in [2.24, 2.45) is 4.99 Å². The SMILES string of the molecule is CNC1=NC(O)N(c2cccc(C3CC3)c2)c2cc(Cl)ccc21. The quantitative estimate of drug-likeness (QED) is 0.885. The third-order valence-electron chi connectivity index (χ3n) is 4.38. The Bertz CT molecular complexity index is 786. The van der Waals surface area contributed by atoms with E-state index in [4.69, 9.17) is 11.6 Å². The number of hydrogen-bond acceptors (Lipinski definition) is 4. The molecule has 0 amide bonds. The van der Waals surface area contributed by atoms with E-state index in [9.17, 15) is 5.11 Å². The van der Waals surface area contributed by atoms with Crippen LogP contribution in [0.4, 0.5) is 11.4 Å². The Balaban J connectivity index is 1.84. The fraction of sp³-hybridized carbons (Fsp3) is 0.278. The zero-order valence-corrected chi connectivity index (χ0v) is 13.6. The smallest absolute Gasteiger partial charge is 0.231 e. The average molecular weight is 328 g/mol. The van der Waals surface area contributed by atoms with Crippen molar-refractivity contribution in [1.29, 1.82) is 0 Å². The zero-order chi connectivity index (χ0) is 16.0. The fourth-order valence-corrected chi connectivity index (χ4v) is 3.25. The van der Waals surface area contributed by atoms with E-state index < -0.39 is 6.35 Å². The van der Waals surface area contributed by atoms with Crippen molar-refractivity contribution in [3.8, 4) is 0 Å². The van der Waals surface area contributed by atoms with Gasteiger partial charge < -0.3 is 10.4 Å². The Morgan fingerprint density at radius 2 is 2.04 bits per heavy atom. The lowest BCUT2D eigenvalue weighted by Crippen LogP contribution is -2.38. The third-order valence-corrected chi connectivity index (χ3v) is 4.62. The van der Waals surface area contributed by atoms with Gasteiger partial charge in [0.25, 0.3) is 0 Å². The molecule has 0 spiro atoms. The molecule has 5 heteroatoms. The summed E-state index contributed by atoms with van der Waals surface area (Å²) in [5.41, 5.74) is 4.04. The molecule has 23 heavy (non-hydrogen) atoms. The van der Waals surface area contributed by atoms with Gasteiger partial charge in [-0.05, 0) is 54.7 Å². The number of fused-ring (bicyclic) bond motifs is 1. The van der Waals surface area contributed by atoms with Gasteiger partial charge in [0.15, 0.2) is 0 Å². The van der Waals surface area contributed by atoms with Gasteiger partial charge in [0, 0.05) is 23.3 Å². The molecule has 1 aliphatic carbocycles. The molecule has 2 N–H and O–H groups in total. The van der Waals surface area contributed by atoms with E-state index in [1.807, 2.05) is 35.2 Å². The van der Waals surface area contributed by atoms with Crippen LogP contribution in [0.5, 0.6) is 0 Å². The number of benzene rings is 2. The van der Waals surface area contributed by atoms with Crippen molar-refractivity contribution in [3.05, 3.63) is 58.6 Å². The Morgan fingerprint density at radius 3 is 2.78 bits per heavy atom. The first-order valence-corrected chi connectivity index (χ1v) is 8.18. The second kappa shape index (κ2) is 5.55.